The molecule has 0 saturated carbocycles. The molecule has 0 nitrogen and oxygen atoms in total. The largest absolute Gasteiger partial charge is 0.102 e. The van der Waals surface area contributed by atoms with E-state index in [1.54, 1.807) is 0 Å². The van der Waals surface area contributed by atoms with Gasteiger partial charge in [0.2, 0.25) is 0 Å². The van der Waals surface area contributed by atoms with Gasteiger partial charge in [0.1, 0.15) is 7.28 Å². The van der Waals surface area contributed by atoms with Crippen LogP contribution in [0.15, 0.2) is 0 Å². The van der Waals surface area contributed by atoms with Gasteiger partial charge in [0, 0.05) is 37.7 Å². The Bertz CT molecular complexity index is 8.49. The summed E-state index contributed by atoms with van der Waals surface area (Å²) in [6.07, 6.45) is 0. The van der Waals surface area contributed by atoms with E-state index < -0.39 is 0 Å². The molecule has 0 unspecified atom stereocenters. The van der Waals surface area contributed by atoms with E-state index in [-0.39, 0.29) is 37.7 Å². The Balaban J connectivity index is -0.0000000147. The maximum Gasteiger partial charge on any atom is 0.102 e. The minimum Gasteiger partial charge on any atom is -0.0922 e. The van der Waals surface area contributed by atoms with Gasteiger partial charge in [-0.25, -0.2) is 0 Å². The van der Waals surface area contributed by atoms with Crippen LogP contribution in [0.4, 0.5) is 0 Å². The summed E-state index contributed by atoms with van der Waals surface area (Å²) in [6.45, 7) is 12.0. The zero-order chi connectivity index (χ0) is 6.71. The van der Waals surface area contributed by atoms with Crippen molar-refractivity contribution < 1.29 is 37.7 Å². The van der Waals surface area contributed by atoms with E-state index in [0.717, 1.165) is 0 Å². The third kappa shape index (κ3) is 167. The molecule has 0 heterocycles. The fraction of sp³-hybridized carbons (Fsp3) is 1.00. The number of hydrogen-bond acceptors (Lipinski definition) is 0. The van der Waals surface area contributed by atoms with Gasteiger partial charge in [-0.1, -0.05) is 41.3 Å². The van der Waals surface area contributed by atoms with Crippen LogP contribution < -0.4 is 0 Å². The van der Waals surface area contributed by atoms with Crippen molar-refractivity contribution in [1.82, 2.24) is 0 Å². The van der Waals surface area contributed by atoms with Gasteiger partial charge in [-0.2, -0.15) is 0 Å². The summed E-state index contributed by atoms with van der Waals surface area (Å²) in [4.78, 5) is 0. The molecule has 2 heteroatoms. The average Bonchev–Trinajstić information content (AvgIpc) is 1.78. The standard InChI is InChI=1S/C2H6B.2C2H6.Ar/c1-3-2;2*1-2;/h1-2H3;2*1-2H3;. The van der Waals surface area contributed by atoms with Crippen LogP contribution in [-0.2, 0) is 0 Å². The van der Waals surface area contributed by atoms with Gasteiger partial charge in [0.25, 0.3) is 0 Å². The maximum atomic E-state index is 2.00. The quantitative estimate of drug-likeness (QED) is 0.455. The molecule has 8 heavy (non-hydrogen) atoms. The van der Waals surface area contributed by atoms with Crippen LogP contribution >= 0.6 is 0 Å². The topological polar surface area (TPSA) is 0 Å². The van der Waals surface area contributed by atoms with Crippen LogP contribution in [0.1, 0.15) is 27.7 Å². The van der Waals surface area contributed by atoms with Crippen LogP contribution in [0.5, 0.6) is 0 Å². The van der Waals surface area contributed by atoms with E-state index in [2.05, 4.69) is 0 Å². The summed E-state index contributed by atoms with van der Waals surface area (Å²) in [7, 11) is 2.00. The normalized spacial score (nSPS) is 3.25. The second kappa shape index (κ2) is 82.6. The summed E-state index contributed by atoms with van der Waals surface area (Å²) in [5, 5.41) is 0. The summed E-state index contributed by atoms with van der Waals surface area (Å²) >= 11 is 0. The first-order valence-electron chi connectivity index (χ1n) is 3.15. The maximum absolute atomic E-state index is 2.00. The predicted octanol–water partition coefficient (Wildman–Crippen LogP) is 2.84. The SMILES string of the molecule is CC.CC.C[B]C.[Ar]. The summed E-state index contributed by atoms with van der Waals surface area (Å²) < 4.78 is 0. The van der Waals surface area contributed by atoms with E-state index in [1.165, 1.54) is 0 Å². The van der Waals surface area contributed by atoms with Crippen molar-refractivity contribution in [1.29, 1.82) is 0 Å². The van der Waals surface area contributed by atoms with Crippen molar-refractivity contribution >= 4 is 7.28 Å². The van der Waals surface area contributed by atoms with Gasteiger partial charge in [-0.05, 0) is 0 Å². The molecular weight excluding hydrogens is 123 g/mol. The van der Waals surface area contributed by atoms with Gasteiger partial charge >= 0.3 is 0 Å². The molecule has 0 amide bonds. The second-order valence-electron chi connectivity index (χ2n) is 0.577. The van der Waals surface area contributed by atoms with Crippen molar-refractivity contribution in [2.75, 3.05) is 0 Å². The Morgan fingerprint density at radius 1 is 0.750 bits per heavy atom. The molecule has 0 atom stereocenters. The number of rotatable bonds is 0. The molecule has 0 aliphatic rings. The van der Waals surface area contributed by atoms with Gasteiger partial charge in [0.15, 0.2) is 0 Å². The van der Waals surface area contributed by atoms with Crippen LogP contribution in [0.2, 0.25) is 13.6 Å². The molecule has 0 fully saturated rings. The zero-order valence-corrected chi connectivity index (χ0v) is 7.64. The first-order chi connectivity index (χ1) is 3.41. The van der Waals surface area contributed by atoms with Crippen LogP contribution in [0, 0.1) is 37.7 Å². The van der Waals surface area contributed by atoms with Crippen molar-refractivity contribution in [3.05, 3.63) is 0 Å². The van der Waals surface area contributed by atoms with Crippen molar-refractivity contribution in [3.8, 4) is 0 Å². The van der Waals surface area contributed by atoms with Gasteiger partial charge in [-0.15, -0.1) is 0 Å². The van der Waals surface area contributed by atoms with Crippen LogP contribution in [-0.4, -0.2) is 7.28 Å². The third-order valence-corrected chi connectivity index (χ3v) is 0. The molecular formula is C6H18ArB. The Morgan fingerprint density at radius 3 is 0.750 bits per heavy atom. The Labute approximate surface area is 85.7 Å². The molecule has 0 saturated heterocycles. The summed E-state index contributed by atoms with van der Waals surface area (Å²) in [6, 6.07) is 0. The van der Waals surface area contributed by atoms with E-state index >= 15 is 0 Å². The second-order valence-corrected chi connectivity index (χ2v) is 0.577. The van der Waals surface area contributed by atoms with Crippen LogP contribution in [0.3, 0.4) is 0 Å². The first-order valence-corrected chi connectivity index (χ1v) is 3.15. The minimum atomic E-state index is 0. The smallest absolute Gasteiger partial charge is 0.0922 e. The first kappa shape index (κ1) is 22.8. The summed E-state index contributed by atoms with van der Waals surface area (Å²) in [5.74, 6) is 0. The minimum absolute atomic E-state index is 0. The van der Waals surface area contributed by atoms with E-state index in [0.29, 0.717) is 0 Å². The summed E-state index contributed by atoms with van der Waals surface area (Å²) in [5.41, 5.74) is 0. The molecule has 0 spiro atoms. The molecule has 0 aromatic heterocycles. The van der Waals surface area contributed by atoms with Gasteiger partial charge in [-0.3, -0.25) is 0 Å². The predicted molar refractivity (Wildman–Crippen MR) is 40.2 cm³/mol. The molecule has 0 aliphatic heterocycles. The van der Waals surface area contributed by atoms with Crippen molar-refractivity contribution in [2.45, 2.75) is 41.3 Å². The third-order valence-electron chi connectivity index (χ3n) is 0. The molecule has 0 N–H and O–H groups in total. The average molecular weight is 141 g/mol. The monoisotopic (exact) mass is 141 g/mol. The molecule has 0 aromatic carbocycles. The molecule has 0 bridgehead atoms. The van der Waals surface area contributed by atoms with Gasteiger partial charge < -0.3 is 0 Å². The van der Waals surface area contributed by atoms with E-state index in [4.69, 9.17) is 0 Å². The van der Waals surface area contributed by atoms with E-state index in [9.17, 15) is 0 Å². The molecule has 0 rings (SSSR count). The fourth-order valence-corrected chi connectivity index (χ4v) is 0. The molecule has 53 valence electrons. The zero-order valence-electron chi connectivity index (χ0n) is 6.93. The molecule has 1 radical (unpaired) electrons. The molecule has 0 aliphatic carbocycles. The van der Waals surface area contributed by atoms with Crippen molar-refractivity contribution in [2.24, 2.45) is 0 Å². The Kier molecular flexibility index (Phi) is 235. The van der Waals surface area contributed by atoms with Gasteiger partial charge in [0.05, 0.1) is 0 Å². The van der Waals surface area contributed by atoms with Crippen LogP contribution in [0.25, 0.3) is 0 Å². The van der Waals surface area contributed by atoms with E-state index in [1.807, 2.05) is 48.6 Å². The molecule has 0 aromatic rings. The Morgan fingerprint density at radius 2 is 0.750 bits per heavy atom. The fourth-order valence-electron chi connectivity index (χ4n) is 0. The van der Waals surface area contributed by atoms with Crippen molar-refractivity contribution in [3.63, 3.8) is 0 Å². The number of hydrogen-bond donors (Lipinski definition) is 0. The Hall–Kier alpha value is 1.32.